The zero-order valence-corrected chi connectivity index (χ0v) is 9.26. The number of carbonyl (C=O) groups is 1. The first-order valence-corrected chi connectivity index (χ1v) is 6.07. The number of carbonyl (C=O) groups excluding carboxylic acids is 1. The van der Waals surface area contributed by atoms with Crippen LogP contribution in [0.25, 0.3) is 0 Å². The maximum Gasteiger partial charge on any atom is 0.249 e. The Morgan fingerprint density at radius 1 is 1.40 bits per heavy atom. The van der Waals surface area contributed by atoms with Crippen molar-refractivity contribution in [2.24, 2.45) is 5.73 Å². The van der Waals surface area contributed by atoms with E-state index in [1.165, 1.54) is 6.07 Å². The number of nitrogens with two attached hydrogens (primary N) is 1. The van der Waals surface area contributed by atoms with Gasteiger partial charge in [0.05, 0.1) is 6.26 Å². The number of hydrogen-bond acceptors (Lipinski definition) is 3. The monoisotopic (exact) mass is 228 g/mol. The van der Waals surface area contributed by atoms with Crippen molar-refractivity contribution >= 4 is 21.6 Å². The molecule has 6 heteroatoms. The van der Waals surface area contributed by atoms with Gasteiger partial charge in [-0.05, 0) is 24.6 Å². The minimum atomic E-state index is -3.33. The van der Waals surface area contributed by atoms with Gasteiger partial charge in [-0.3, -0.25) is 9.52 Å². The van der Waals surface area contributed by atoms with Gasteiger partial charge in [-0.15, -0.1) is 0 Å². The molecule has 0 spiro atoms. The third-order valence-electron chi connectivity index (χ3n) is 1.81. The van der Waals surface area contributed by atoms with Crippen molar-refractivity contribution in [3.8, 4) is 0 Å². The predicted molar refractivity (Wildman–Crippen MR) is 58.2 cm³/mol. The average molecular weight is 228 g/mol. The Labute approximate surface area is 88.3 Å². The highest BCUT2D eigenvalue weighted by Gasteiger charge is 2.08. The summed E-state index contributed by atoms with van der Waals surface area (Å²) in [4.78, 5) is 11.0. The van der Waals surface area contributed by atoms with Gasteiger partial charge in [0.15, 0.2) is 0 Å². The van der Waals surface area contributed by atoms with E-state index < -0.39 is 15.9 Å². The molecule has 0 saturated heterocycles. The molecular formula is C9H12N2O3S. The number of nitrogens with one attached hydrogen (secondary N) is 1. The van der Waals surface area contributed by atoms with E-state index in [2.05, 4.69) is 4.72 Å². The summed E-state index contributed by atoms with van der Waals surface area (Å²) in [5, 5.41) is 0. The van der Waals surface area contributed by atoms with Crippen LogP contribution in [0.4, 0.5) is 5.69 Å². The van der Waals surface area contributed by atoms with Gasteiger partial charge in [0.25, 0.3) is 0 Å². The lowest BCUT2D eigenvalue weighted by Crippen LogP contribution is -2.14. The van der Waals surface area contributed by atoms with Crippen molar-refractivity contribution in [1.29, 1.82) is 0 Å². The molecule has 1 amide bonds. The lowest BCUT2D eigenvalue weighted by molar-refractivity contribution is 0.0999. The van der Waals surface area contributed by atoms with Crippen molar-refractivity contribution in [2.45, 2.75) is 6.92 Å². The van der Waals surface area contributed by atoms with Crippen LogP contribution in [-0.2, 0) is 10.0 Å². The summed E-state index contributed by atoms with van der Waals surface area (Å²) in [7, 11) is -3.33. The standard InChI is InChI=1S/C9H12N2O3S/c1-6-3-4-7(11-15(2,13)14)5-8(6)9(10)12/h3-5,11H,1-2H3,(H2,10,12). The Kier molecular flexibility index (Phi) is 2.99. The number of primary amides is 1. The Morgan fingerprint density at radius 2 is 2.00 bits per heavy atom. The highest BCUT2D eigenvalue weighted by atomic mass is 32.2. The summed E-state index contributed by atoms with van der Waals surface area (Å²) in [6, 6.07) is 4.62. The van der Waals surface area contributed by atoms with Gasteiger partial charge in [-0.2, -0.15) is 0 Å². The minimum absolute atomic E-state index is 0.309. The molecule has 0 bridgehead atoms. The Balaban J connectivity index is 3.14. The number of amides is 1. The third kappa shape index (κ3) is 3.25. The molecule has 0 heterocycles. The molecule has 5 nitrogen and oxygen atoms in total. The Morgan fingerprint density at radius 3 is 2.47 bits per heavy atom. The molecule has 0 radical (unpaired) electrons. The maximum atomic E-state index is 11.0. The van der Waals surface area contributed by atoms with Gasteiger partial charge in [0, 0.05) is 11.3 Å². The van der Waals surface area contributed by atoms with Crippen LogP contribution in [0.3, 0.4) is 0 Å². The second-order valence-corrected chi connectivity index (χ2v) is 5.02. The second kappa shape index (κ2) is 3.90. The van der Waals surface area contributed by atoms with Gasteiger partial charge in [-0.1, -0.05) is 6.07 Å². The molecule has 0 fully saturated rings. The molecular weight excluding hydrogens is 216 g/mol. The Bertz CT molecular complexity index is 494. The average Bonchev–Trinajstić information content (AvgIpc) is 2.05. The molecule has 1 rings (SSSR count). The van der Waals surface area contributed by atoms with Crippen LogP contribution in [0.15, 0.2) is 18.2 Å². The first-order chi connectivity index (χ1) is 6.79. The zero-order valence-electron chi connectivity index (χ0n) is 8.44. The molecule has 0 unspecified atom stereocenters. The molecule has 0 aliphatic carbocycles. The van der Waals surface area contributed by atoms with Crippen LogP contribution in [0.1, 0.15) is 15.9 Å². The smallest absolute Gasteiger partial charge is 0.249 e. The highest BCUT2D eigenvalue weighted by Crippen LogP contribution is 2.15. The highest BCUT2D eigenvalue weighted by molar-refractivity contribution is 7.92. The van der Waals surface area contributed by atoms with Gasteiger partial charge in [0.1, 0.15) is 0 Å². The molecule has 0 aliphatic rings. The van der Waals surface area contributed by atoms with E-state index >= 15 is 0 Å². The molecule has 3 N–H and O–H groups in total. The molecule has 0 aromatic heterocycles. The maximum absolute atomic E-state index is 11.0. The van der Waals surface area contributed by atoms with Crippen LogP contribution < -0.4 is 10.5 Å². The van der Waals surface area contributed by atoms with E-state index in [0.29, 0.717) is 16.8 Å². The summed E-state index contributed by atoms with van der Waals surface area (Å²) < 4.78 is 24.1. The fourth-order valence-electron chi connectivity index (χ4n) is 1.17. The van der Waals surface area contributed by atoms with Crippen LogP contribution in [0.2, 0.25) is 0 Å². The Hall–Kier alpha value is -1.56. The van der Waals surface area contributed by atoms with E-state index in [1.54, 1.807) is 19.1 Å². The van der Waals surface area contributed by atoms with Crippen LogP contribution in [-0.4, -0.2) is 20.6 Å². The summed E-state index contributed by atoms with van der Waals surface area (Å²) in [6.45, 7) is 1.73. The van der Waals surface area contributed by atoms with Gasteiger partial charge in [0.2, 0.25) is 15.9 Å². The molecule has 1 aromatic rings. The van der Waals surface area contributed by atoms with E-state index in [-0.39, 0.29) is 0 Å². The lowest BCUT2D eigenvalue weighted by Gasteiger charge is -2.07. The lowest BCUT2D eigenvalue weighted by atomic mass is 10.1. The van der Waals surface area contributed by atoms with Crippen molar-refractivity contribution in [3.63, 3.8) is 0 Å². The topological polar surface area (TPSA) is 89.3 Å². The zero-order chi connectivity index (χ0) is 11.6. The van der Waals surface area contributed by atoms with Gasteiger partial charge >= 0.3 is 0 Å². The first kappa shape index (κ1) is 11.5. The van der Waals surface area contributed by atoms with Crippen LogP contribution >= 0.6 is 0 Å². The normalized spacial score (nSPS) is 11.1. The van der Waals surface area contributed by atoms with E-state index in [9.17, 15) is 13.2 Å². The molecule has 1 aromatic carbocycles. The SMILES string of the molecule is Cc1ccc(NS(C)(=O)=O)cc1C(N)=O. The fraction of sp³-hybridized carbons (Fsp3) is 0.222. The predicted octanol–water partition coefficient (Wildman–Crippen LogP) is 0.465. The van der Waals surface area contributed by atoms with E-state index in [4.69, 9.17) is 5.73 Å². The first-order valence-electron chi connectivity index (χ1n) is 4.18. The number of benzene rings is 1. The molecule has 15 heavy (non-hydrogen) atoms. The van der Waals surface area contributed by atoms with Crippen LogP contribution in [0.5, 0.6) is 0 Å². The second-order valence-electron chi connectivity index (χ2n) is 3.27. The summed E-state index contributed by atoms with van der Waals surface area (Å²) in [5.41, 5.74) is 6.48. The molecule has 0 aliphatic heterocycles. The molecule has 0 saturated carbocycles. The summed E-state index contributed by atoms with van der Waals surface area (Å²) >= 11 is 0. The van der Waals surface area contributed by atoms with Crippen molar-refractivity contribution in [1.82, 2.24) is 0 Å². The number of hydrogen-bond donors (Lipinski definition) is 2. The van der Waals surface area contributed by atoms with Crippen LogP contribution in [0, 0.1) is 6.92 Å². The number of aryl methyl sites for hydroxylation is 1. The van der Waals surface area contributed by atoms with Crippen molar-refractivity contribution < 1.29 is 13.2 Å². The largest absolute Gasteiger partial charge is 0.366 e. The summed E-state index contributed by atoms with van der Waals surface area (Å²) in [5.74, 6) is -0.579. The quantitative estimate of drug-likeness (QED) is 0.787. The van der Waals surface area contributed by atoms with E-state index in [1.807, 2.05) is 0 Å². The van der Waals surface area contributed by atoms with E-state index in [0.717, 1.165) is 6.26 Å². The summed E-state index contributed by atoms with van der Waals surface area (Å²) in [6.07, 6.45) is 1.04. The third-order valence-corrected chi connectivity index (χ3v) is 2.41. The minimum Gasteiger partial charge on any atom is -0.366 e. The molecule has 0 atom stereocenters. The molecule has 82 valence electrons. The fourth-order valence-corrected chi connectivity index (χ4v) is 1.72. The van der Waals surface area contributed by atoms with Crippen molar-refractivity contribution in [2.75, 3.05) is 11.0 Å². The van der Waals surface area contributed by atoms with Gasteiger partial charge in [-0.25, -0.2) is 8.42 Å². The van der Waals surface area contributed by atoms with Gasteiger partial charge < -0.3 is 5.73 Å². The number of sulfonamides is 1. The van der Waals surface area contributed by atoms with Crippen molar-refractivity contribution in [3.05, 3.63) is 29.3 Å². The number of anilines is 1. The number of rotatable bonds is 3.